The summed E-state index contributed by atoms with van der Waals surface area (Å²) in [7, 11) is -3.41. The number of hydrogen-bond donors (Lipinski definition) is 3. The second-order valence-electron chi connectivity index (χ2n) is 8.58. The van der Waals surface area contributed by atoms with E-state index < -0.39 is 16.0 Å². The Labute approximate surface area is 219 Å². The maximum absolute atomic E-state index is 11.6. The molecule has 1 fully saturated rings. The normalized spacial score (nSPS) is 17.4. The summed E-state index contributed by atoms with van der Waals surface area (Å²) in [5.41, 5.74) is 3.74. The smallest absolute Gasteiger partial charge is 0.335 e. The van der Waals surface area contributed by atoms with Crippen LogP contribution in [0, 0.1) is 0 Å². The zero-order chi connectivity index (χ0) is 26.2. The second kappa shape index (κ2) is 9.68. The molecule has 1 aliphatic heterocycles. The summed E-state index contributed by atoms with van der Waals surface area (Å²) in [4.78, 5) is 18.1. The van der Waals surface area contributed by atoms with Gasteiger partial charge in [0.05, 0.1) is 23.6 Å². The van der Waals surface area contributed by atoms with Crippen LogP contribution in [0.15, 0.2) is 91.3 Å². The highest BCUT2D eigenvalue weighted by atomic mass is 32.2. The molecular formula is C26H23N5O4S2. The number of aromatic carboxylic acids is 1. The number of aromatic nitrogens is 2. The maximum atomic E-state index is 11.6. The van der Waals surface area contributed by atoms with Crippen LogP contribution in [0.3, 0.4) is 0 Å². The Hall–Kier alpha value is -4.22. The molecule has 9 nitrogen and oxygen atoms in total. The fourth-order valence-electron chi connectivity index (χ4n) is 4.50. The summed E-state index contributed by atoms with van der Waals surface area (Å²) in [6, 6.07) is 22.6. The zero-order valence-electron chi connectivity index (χ0n) is 19.6. The van der Waals surface area contributed by atoms with Crippen molar-refractivity contribution in [1.82, 2.24) is 14.9 Å². The highest BCUT2D eigenvalue weighted by molar-refractivity contribution is 7.92. The molecule has 1 saturated heterocycles. The van der Waals surface area contributed by atoms with E-state index in [9.17, 15) is 18.3 Å². The van der Waals surface area contributed by atoms with Gasteiger partial charge in [-0.2, -0.15) is 0 Å². The number of carbonyl (C=O) groups is 1. The van der Waals surface area contributed by atoms with Gasteiger partial charge in [-0.05, 0) is 78.9 Å². The molecule has 1 aliphatic rings. The standard InChI is InChI=1S/C26H23N5O4S2/c1-37(34,35)29-18-10-12-19(13-11-18)31-24(23(28-26(31)36)21-8-2-3-14-27-21)22-9-5-15-30(22)20-7-4-6-17(16-20)25(32)33/h2-16,23-24,29H,1H3,(H,28,36)(H,32,33)/t23-,24-/m1/s1. The lowest BCUT2D eigenvalue weighted by molar-refractivity contribution is 0.0697. The fourth-order valence-corrected chi connectivity index (χ4v) is 5.41. The molecule has 0 radical (unpaired) electrons. The largest absolute Gasteiger partial charge is 0.478 e. The minimum Gasteiger partial charge on any atom is -0.478 e. The van der Waals surface area contributed by atoms with Crippen molar-refractivity contribution < 1.29 is 18.3 Å². The van der Waals surface area contributed by atoms with Crippen molar-refractivity contribution in [3.8, 4) is 5.69 Å². The van der Waals surface area contributed by atoms with Gasteiger partial charge in [-0.3, -0.25) is 9.71 Å². The van der Waals surface area contributed by atoms with Gasteiger partial charge in [0.25, 0.3) is 0 Å². The summed E-state index contributed by atoms with van der Waals surface area (Å²) in [6.07, 6.45) is 4.70. The quantitative estimate of drug-likeness (QED) is 0.304. The number of sulfonamides is 1. The highest BCUT2D eigenvalue weighted by Gasteiger charge is 2.42. The molecule has 2 aromatic heterocycles. The number of rotatable bonds is 7. The van der Waals surface area contributed by atoms with Gasteiger partial charge in [-0.25, -0.2) is 13.2 Å². The van der Waals surface area contributed by atoms with E-state index in [1.54, 1.807) is 48.7 Å². The number of nitrogens with one attached hydrogen (secondary N) is 2. The first-order valence-electron chi connectivity index (χ1n) is 11.3. The first-order chi connectivity index (χ1) is 17.7. The molecule has 3 N–H and O–H groups in total. The van der Waals surface area contributed by atoms with Gasteiger partial charge in [0.2, 0.25) is 10.0 Å². The Morgan fingerprint density at radius 1 is 1.03 bits per heavy atom. The lowest BCUT2D eigenvalue weighted by Crippen LogP contribution is -2.30. The number of pyridine rings is 1. The molecule has 2 aromatic carbocycles. The number of nitrogens with zero attached hydrogens (tertiary/aromatic N) is 3. The topological polar surface area (TPSA) is 117 Å². The van der Waals surface area contributed by atoms with Crippen LogP contribution in [0.1, 0.15) is 33.8 Å². The summed E-state index contributed by atoms with van der Waals surface area (Å²) in [6.45, 7) is 0. The molecule has 4 aromatic rings. The van der Waals surface area contributed by atoms with E-state index in [-0.39, 0.29) is 17.6 Å². The molecule has 0 bridgehead atoms. The fraction of sp³-hybridized carbons (Fsp3) is 0.115. The molecule has 0 spiro atoms. The SMILES string of the molecule is CS(=O)(=O)Nc1ccc(N2C(=S)N[C@H](c3ccccn3)[C@H]2c2cccn2-c2cccc(C(=O)O)c2)cc1. The van der Waals surface area contributed by atoms with Gasteiger partial charge in [-0.1, -0.05) is 12.1 Å². The maximum Gasteiger partial charge on any atom is 0.335 e. The number of carboxylic acids is 1. The predicted molar refractivity (Wildman–Crippen MR) is 146 cm³/mol. The predicted octanol–water partition coefficient (Wildman–Crippen LogP) is 4.12. The molecule has 2 atom stereocenters. The molecule has 188 valence electrons. The van der Waals surface area contributed by atoms with E-state index in [1.807, 2.05) is 52.1 Å². The van der Waals surface area contributed by atoms with Gasteiger partial charge in [0, 0.05) is 35.1 Å². The third-order valence-electron chi connectivity index (χ3n) is 6.00. The van der Waals surface area contributed by atoms with Crippen molar-refractivity contribution in [1.29, 1.82) is 0 Å². The Morgan fingerprint density at radius 3 is 2.49 bits per heavy atom. The average Bonchev–Trinajstić information content (AvgIpc) is 3.48. The third-order valence-corrected chi connectivity index (χ3v) is 6.92. The minimum absolute atomic E-state index is 0.185. The van der Waals surface area contributed by atoms with Crippen molar-refractivity contribution in [2.24, 2.45) is 0 Å². The lowest BCUT2D eigenvalue weighted by Gasteiger charge is -2.29. The minimum atomic E-state index is -3.41. The van der Waals surface area contributed by atoms with Crippen LogP contribution in [0.2, 0.25) is 0 Å². The Balaban J connectivity index is 1.61. The molecule has 37 heavy (non-hydrogen) atoms. The van der Waals surface area contributed by atoms with Crippen LogP contribution < -0.4 is 14.9 Å². The van der Waals surface area contributed by atoms with E-state index in [0.717, 1.165) is 23.3 Å². The summed E-state index contributed by atoms with van der Waals surface area (Å²) < 4.78 is 27.7. The number of carboxylic acid groups (broad SMARTS) is 1. The molecule has 0 amide bonds. The number of thiocarbonyl (C=S) groups is 1. The van der Waals surface area contributed by atoms with E-state index in [1.165, 1.54) is 0 Å². The number of anilines is 2. The van der Waals surface area contributed by atoms with E-state index in [2.05, 4.69) is 15.0 Å². The van der Waals surface area contributed by atoms with Crippen LogP contribution in [-0.4, -0.2) is 40.4 Å². The average molecular weight is 534 g/mol. The molecule has 11 heteroatoms. The van der Waals surface area contributed by atoms with Crippen LogP contribution >= 0.6 is 12.2 Å². The highest BCUT2D eigenvalue weighted by Crippen LogP contribution is 2.42. The monoisotopic (exact) mass is 533 g/mol. The molecule has 3 heterocycles. The molecular weight excluding hydrogens is 510 g/mol. The van der Waals surface area contributed by atoms with Crippen LogP contribution in [0.25, 0.3) is 5.69 Å². The van der Waals surface area contributed by atoms with Crippen molar-refractivity contribution in [3.63, 3.8) is 0 Å². The first kappa shape index (κ1) is 24.5. The Morgan fingerprint density at radius 2 is 1.81 bits per heavy atom. The van der Waals surface area contributed by atoms with Crippen LogP contribution in [-0.2, 0) is 10.0 Å². The van der Waals surface area contributed by atoms with Crippen molar-refractivity contribution >= 4 is 44.7 Å². The Kier molecular flexibility index (Phi) is 6.40. The summed E-state index contributed by atoms with van der Waals surface area (Å²) in [5, 5.41) is 13.4. The van der Waals surface area contributed by atoms with E-state index in [0.29, 0.717) is 16.5 Å². The van der Waals surface area contributed by atoms with Gasteiger partial charge < -0.3 is 19.9 Å². The van der Waals surface area contributed by atoms with E-state index >= 15 is 0 Å². The van der Waals surface area contributed by atoms with Crippen molar-refractivity contribution in [2.75, 3.05) is 15.9 Å². The first-order valence-corrected chi connectivity index (χ1v) is 13.6. The van der Waals surface area contributed by atoms with Crippen LogP contribution in [0.4, 0.5) is 11.4 Å². The molecule has 5 rings (SSSR count). The van der Waals surface area contributed by atoms with Gasteiger partial charge in [0.15, 0.2) is 5.11 Å². The summed E-state index contributed by atoms with van der Waals surface area (Å²) >= 11 is 5.77. The number of hydrogen-bond acceptors (Lipinski definition) is 5. The molecule has 0 unspecified atom stereocenters. The molecule has 0 saturated carbocycles. The number of benzene rings is 2. The summed E-state index contributed by atoms with van der Waals surface area (Å²) in [5.74, 6) is -1.00. The van der Waals surface area contributed by atoms with E-state index in [4.69, 9.17) is 12.2 Å². The van der Waals surface area contributed by atoms with Gasteiger partial charge in [0.1, 0.15) is 6.04 Å². The Bertz CT molecular complexity index is 1570. The third kappa shape index (κ3) is 5.04. The zero-order valence-corrected chi connectivity index (χ0v) is 21.3. The van der Waals surface area contributed by atoms with Gasteiger partial charge in [-0.15, -0.1) is 0 Å². The molecule has 0 aliphatic carbocycles. The lowest BCUT2D eigenvalue weighted by atomic mass is 10.0. The second-order valence-corrected chi connectivity index (χ2v) is 10.7. The van der Waals surface area contributed by atoms with Crippen molar-refractivity contribution in [2.45, 2.75) is 12.1 Å². The van der Waals surface area contributed by atoms with Crippen LogP contribution in [0.5, 0.6) is 0 Å². The van der Waals surface area contributed by atoms with Gasteiger partial charge >= 0.3 is 5.97 Å². The van der Waals surface area contributed by atoms with Crippen molar-refractivity contribution in [3.05, 3.63) is 108 Å².